The predicted octanol–water partition coefficient (Wildman–Crippen LogP) is 4.20. The van der Waals surface area contributed by atoms with Crippen molar-refractivity contribution in [2.75, 3.05) is 6.54 Å². The van der Waals surface area contributed by atoms with Crippen LogP contribution in [-0.2, 0) is 11.3 Å². The first-order chi connectivity index (χ1) is 10.2. The van der Waals surface area contributed by atoms with Gasteiger partial charge in [0.25, 0.3) is 0 Å². The summed E-state index contributed by atoms with van der Waals surface area (Å²) in [5, 5.41) is 0.222. The second-order valence-electron chi connectivity index (χ2n) is 6.21. The van der Waals surface area contributed by atoms with Crippen LogP contribution in [0.1, 0.15) is 44.1 Å². The first-order valence-electron chi connectivity index (χ1n) is 7.86. The molecule has 2 fully saturated rings. The molecule has 1 saturated carbocycles. The first-order valence-corrected chi connectivity index (χ1v) is 8.24. The number of hydrogen-bond acceptors (Lipinski definition) is 2. The minimum absolute atomic E-state index is 0.178. The lowest BCUT2D eigenvalue weighted by molar-refractivity contribution is -0.123. The maximum atomic E-state index is 13.6. The molecule has 1 aromatic rings. The largest absolute Gasteiger partial charge is 0.299 e. The monoisotopic (exact) mass is 309 g/mol. The van der Waals surface area contributed by atoms with Crippen molar-refractivity contribution in [3.05, 3.63) is 34.6 Å². The van der Waals surface area contributed by atoms with Crippen LogP contribution in [0.15, 0.2) is 18.2 Å². The van der Waals surface area contributed by atoms with E-state index in [1.807, 2.05) is 6.07 Å². The fraction of sp³-hybridized carbons (Fsp3) is 0.588. The Morgan fingerprint density at radius 3 is 2.86 bits per heavy atom. The number of Topliss-reactive ketones (excluding diaryl/α,β-unsaturated/α-hetero) is 1. The third-order valence-corrected chi connectivity index (χ3v) is 5.31. The molecule has 1 saturated heterocycles. The molecule has 2 aliphatic rings. The van der Waals surface area contributed by atoms with Crippen LogP contribution in [0.4, 0.5) is 4.39 Å². The molecule has 0 bridgehead atoms. The van der Waals surface area contributed by atoms with Crippen LogP contribution in [-0.4, -0.2) is 23.3 Å². The van der Waals surface area contributed by atoms with Crippen molar-refractivity contribution in [3.63, 3.8) is 0 Å². The summed E-state index contributed by atoms with van der Waals surface area (Å²) in [5.74, 6) is 0.231. The SMILES string of the molecule is O=C1CCCC1C1CCCCN1Cc1cccc(F)c1Cl. The van der Waals surface area contributed by atoms with Crippen LogP contribution in [0.25, 0.3) is 0 Å². The van der Waals surface area contributed by atoms with Gasteiger partial charge in [-0.25, -0.2) is 4.39 Å². The van der Waals surface area contributed by atoms with Crippen LogP contribution in [0, 0.1) is 11.7 Å². The van der Waals surface area contributed by atoms with Gasteiger partial charge in [0, 0.05) is 24.9 Å². The van der Waals surface area contributed by atoms with E-state index in [9.17, 15) is 9.18 Å². The van der Waals surface area contributed by atoms with Gasteiger partial charge in [0.1, 0.15) is 11.6 Å². The van der Waals surface area contributed by atoms with E-state index in [1.165, 1.54) is 12.5 Å². The van der Waals surface area contributed by atoms with E-state index in [-0.39, 0.29) is 16.8 Å². The van der Waals surface area contributed by atoms with Crippen LogP contribution in [0.5, 0.6) is 0 Å². The summed E-state index contributed by atoms with van der Waals surface area (Å²) in [4.78, 5) is 14.4. The lowest BCUT2D eigenvalue weighted by Gasteiger charge is -2.39. The molecule has 3 rings (SSSR count). The molecule has 0 spiro atoms. The Hall–Kier alpha value is -0.930. The Kier molecular flexibility index (Phi) is 4.60. The maximum Gasteiger partial charge on any atom is 0.142 e. The van der Waals surface area contributed by atoms with Crippen LogP contribution >= 0.6 is 11.6 Å². The fourth-order valence-electron chi connectivity index (χ4n) is 3.81. The highest BCUT2D eigenvalue weighted by Crippen LogP contribution is 2.34. The molecular weight excluding hydrogens is 289 g/mol. The van der Waals surface area contributed by atoms with Gasteiger partial charge in [0.15, 0.2) is 0 Å². The van der Waals surface area contributed by atoms with Gasteiger partial charge in [0.2, 0.25) is 0 Å². The van der Waals surface area contributed by atoms with Gasteiger partial charge in [0.05, 0.1) is 5.02 Å². The Morgan fingerprint density at radius 2 is 2.10 bits per heavy atom. The van der Waals surface area contributed by atoms with E-state index < -0.39 is 0 Å². The molecule has 0 radical (unpaired) electrons. The van der Waals surface area contributed by atoms with Gasteiger partial charge >= 0.3 is 0 Å². The van der Waals surface area contributed by atoms with Crippen molar-refractivity contribution in [2.24, 2.45) is 5.92 Å². The number of benzene rings is 1. The molecule has 1 aliphatic heterocycles. The number of ketones is 1. The third kappa shape index (κ3) is 3.14. The summed E-state index contributed by atoms with van der Waals surface area (Å²) in [5.41, 5.74) is 0.828. The number of piperidine rings is 1. The lowest BCUT2D eigenvalue weighted by atomic mass is 9.88. The molecule has 2 nitrogen and oxygen atoms in total. The smallest absolute Gasteiger partial charge is 0.142 e. The highest BCUT2D eigenvalue weighted by Gasteiger charge is 2.36. The number of halogens is 2. The maximum absolute atomic E-state index is 13.6. The summed E-state index contributed by atoms with van der Waals surface area (Å²) in [6.45, 7) is 1.62. The average molecular weight is 310 g/mol. The number of likely N-dealkylation sites (tertiary alicyclic amines) is 1. The number of rotatable bonds is 3. The van der Waals surface area contributed by atoms with Gasteiger partial charge < -0.3 is 0 Å². The van der Waals surface area contributed by atoms with Crippen LogP contribution < -0.4 is 0 Å². The quantitative estimate of drug-likeness (QED) is 0.834. The average Bonchev–Trinajstić information content (AvgIpc) is 2.90. The van der Waals surface area contributed by atoms with Crippen LogP contribution in [0.2, 0.25) is 5.02 Å². The molecule has 2 unspecified atom stereocenters. The molecule has 114 valence electrons. The zero-order chi connectivity index (χ0) is 14.8. The third-order valence-electron chi connectivity index (χ3n) is 4.89. The molecular formula is C17H21ClFNO. The minimum atomic E-state index is -0.361. The van der Waals surface area contributed by atoms with E-state index in [0.717, 1.165) is 44.2 Å². The fourth-order valence-corrected chi connectivity index (χ4v) is 3.99. The highest BCUT2D eigenvalue weighted by atomic mass is 35.5. The minimum Gasteiger partial charge on any atom is -0.299 e. The summed E-state index contributed by atoms with van der Waals surface area (Å²) in [7, 11) is 0. The normalized spacial score (nSPS) is 27.2. The van der Waals surface area contributed by atoms with Gasteiger partial charge in [-0.1, -0.05) is 30.2 Å². The Bertz CT molecular complexity index is 534. The Morgan fingerprint density at radius 1 is 1.24 bits per heavy atom. The zero-order valence-corrected chi connectivity index (χ0v) is 12.9. The lowest BCUT2D eigenvalue weighted by Crippen LogP contribution is -2.44. The molecule has 1 aliphatic carbocycles. The molecule has 1 heterocycles. The van der Waals surface area contributed by atoms with Crippen molar-refractivity contribution in [3.8, 4) is 0 Å². The zero-order valence-electron chi connectivity index (χ0n) is 12.2. The van der Waals surface area contributed by atoms with E-state index >= 15 is 0 Å². The molecule has 0 N–H and O–H groups in total. The molecule has 1 aromatic carbocycles. The van der Waals surface area contributed by atoms with Crippen molar-refractivity contribution < 1.29 is 9.18 Å². The van der Waals surface area contributed by atoms with E-state index in [4.69, 9.17) is 11.6 Å². The molecule has 2 atom stereocenters. The summed E-state index contributed by atoms with van der Waals surface area (Å²) in [6, 6.07) is 5.29. The van der Waals surface area contributed by atoms with Gasteiger partial charge in [-0.15, -0.1) is 0 Å². The van der Waals surface area contributed by atoms with E-state index in [2.05, 4.69) is 4.90 Å². The second kappa shape index (κ2) is 6.45. The van der Waals surface area contributed by atoms with E-state index in [0.29, 0.717) is 18.4 Å². The van der Waals surface area contributed by atoms with Crippen molar-refractivity contribution in [1.29, 1.82) is 0 Å². The summed E-state index contributed by atoms with van der Waals surface area (Å²) < 4.78 is 13.6. The van der Waals surface area contributed by atoms with Gasteiger partial charge in [-0.05, 0) is 43.9 Å². The summed E-state index contributed by atoms with van der Waals surface area (Å²) in [6.07, 6.45) is 6.16. The number of carbonyl (C=O) groups excluding carboxylic acids is 1. The molecule has 21 heavy (non-hydrogen) atoms. The molecule has 0 amide bonds. The van der Waals surface area contributed by atoms with E-state index in [1.54, 1.807) is 6.07 Å². The number of carbonyl (C=O) groups is 1. The van der Waals surface area contributed by atoms with Crippen molar-refractivity contribution in [1.82, 2.24) is 4.90 Å². The highest BCUT2D eigenvalue weighted by molar-refractivity contribution is 6.31. The predicted molar refractivity (Wildman–Crippen MR) is 81.8 cm³/mol. The van der Waals surface area contributed by atoms with Gasteiger partial charge in [-0.2, -0.15) is 0 Å². The Labute approximate surface area is 130 Å². The van der Waals surface area contributed by atoms with Gasteiger partial charge in [-0.3, -0.25) is 9.69 Å². The van der Waals surface area contributed by atoms with Crippen LogP contribution in [0.3, 0.4) is 0 Å². The molecule has 0 aromatic heterocycles. The standard InChI is InChI=1S/C17H21ClFNO/c18-17-12(5-3-7-14(17)19)11-20-10-2-1-8-15(20)13-6-4-9-16(13)21/h3,5,7,13,15H,1-2,4,6,8-11H2. The first kappa shape index (κ1) is 15.0. The number of nitrogens with zero attached hydrogens (tertiary/aromatic N) is 1. The number of hydrogen-bond donors (Lipinski definition) is 0. The summed E-state index contributed by atoms with van der Waals surface area (Å²) >= 11 is 6.08. The Balaban J connectivity index is 1.78. The van der Waals surface area contributed by atoms with Crippen molar-refractivity contribution in [2.45, 2.75) is 51.1 Å². The second-order valence-corrected chi connectivity index (χ2v) is 6.59. The molecule has 4 heteroatoms. The van der Waals surface area contributed by atoms with Crippen molar-refractivity contribution >= 4 is 17.4 Å². The topological polar surface area (TPSA) is 20.3 Å².